The molecule has 0 aliphatic carbocycles. The van der Waals surface area contributed by atoms with Crippen molar-refractivity contribution in [1.29, 1.82) is 0 Å². The molecule has 0 spiro atoms. The van der Waals surface area contributed by atoms with Crippen LogP contribution >= 0.6 is 0 Å². The third-order valence-corrected chi connectivity index (χ3v) is 0. The molecule has 0 aromatic rings. The molecule has 0 atom stereocenters. The Balaban J connectivity index is -0.000000000833. The van der Waals surface area contributed by atoms with Crippen LogP contribution in [0.2, 0.25) is 0 Å². The van der Waals surface area contributed by atoms with Gasteiger partial charge in [-0.1, -0.05) is 0 Å². The van der Waals surface area contributed by atoms with Crippen molar-refractivity contribution in [2.24, 2.45) is 34.4 Å². The molecule has 190 valence electrons. The summed E-state index contributed by atoms with van der Waals surface area (Å²) in [6.45, 7) is 0. The summed E-state index contributed by atoms with van der Waals surface area (Å²) < 4.78 is 0. The number of nitrogens with two attached hydrogens (primary N) is 6. The Morgan fingerprint density at radius 3 is 0.192 bits per heavy atom. The van der Waals surface area contributed by atoms with Crippen molar-refractivity contribution in [2.45, 2.75) is 0 Å². The fraction of sp³-hybridized carbons (Fsp3) is 0. The van der Waals surface area contributed by atoms with Crippen LogP contribution in [0.1, 0.15) is 0 Å². The Labute approximate surface area is 302 Å². The smallest absolute Gasteiger partial charge is 0 e. The molecule has 0 saturated heterocycles. The molecule has 0 amide bonds. The predicted octanol–water partition coefficient (Wildman–Crippen LogP) is -3.76. The molecule has 0 aliphatic heterocycles. The zero-order valence-corrected chi connectivity index (χ0v) is 37.0. The third-order valence-electron chi connectivity index (χ3n) is 0. The monoisotopic (exact) mass is 1570 g/mol. The fourth-order valence-electron chi connectivity index (χ4n) is 0. The van der Waals surface area contributed by atoms with Crippen LogP contribution in [0.5, 0.6) is 0 Å². The third kappa shape index (κ3) is 624. The van der Waals surface area contributed by atoms with Crippen molar-refractivity contribution in [2.75, 3.05) is 0 Å². The maximum atomic E-state index is 4.25. The Bertz CT molecular complexity index is 51.7. The molecule has 26 heavy (non-hydrogen) atoms. The molecule has 0 aromatic carbocycles. The van der Waals surface area contributed by atoms with Crippen LogP contribution in [0.4, 0.5) is 0 Å². The van der Waals surface area contributed by atoms with E-state index in [1.807, 2.05) is 0 Å². The van der Waals surface area contributed by atoms with Crippen LogP contribution in [0, 0.1) is 42.3 Å². The van der Waals surface area contributed by atoms with E-state index in [-0.39, 0.29) is 231 Å². The molecule has 6 nitrogen and oxygen atoms in total. The topological polar surface area (TPSA) is 156 Å². The molecule has 20 heteroatoms. The average molecular weight is 1560 g/mol. The van der Waals surface area contributed by atoms with E-state index in [2.05, 4.69) is 76.7 Å². The Morgan fingerprint density at radius 2 is 0.192 bits per heavy atom. The van der Waals surface area contributed by atoms with Crippen LogP contribution < -0.4 is 34.4 Å². The van der Waals surface area contributed by atoms with Gasteiger partial charge >= 0.3 is 0 Å². The number of hydrogen-bond donors (Lipinski definition) is 6. The van der Waals surface area contributed by atoms with Gasteiger partial charge in [0.1, 0.15) is 0 Å². The van der Waals surface area contributed by atoms with E-state index in [1.165, 1.54) is 0 Å². The van der Waals surface area contributed by atoms with Gasteiger partial charge in [0.2, 0.25) is 0 Å². The van der Waals surface area contributed by atoms with Crippen molar-refractivity contribution in [1.82, 2.24) is 0 Å². The van der Waals surface area contributed by atoms with E-state index >= 15 is 0 Å². The molecule has 0 unspecified atom stereocenters. The van der Waals surface area contributed by atoms with Crippen molar-refractivity contribution < 1.29 is 123 Å². The summed E-state index contributed by atoms with van der Waals surface area (Å²) in [7, 11) is 16.5. The van der Waals surface area contributed by atoms with Gasteiger partial charge in [0.05, 0.1) is 0 Å². The van der Waals surface area contributed by atoms with Crippen LogP contribution in [-0.4, -0.2) is 0 Å². The minimum Gasteiger partial charge on any atom is -0.813 e. The van der Waals surface area contributed by atoms with E-state index in [9.17, 15) is 0 Å². The second-order valence-corrected chi connectivity index (χ2v) is 0. The van der Waals surface area contributed by atoms with Gasteiger partial charge in [-0.3, -0.25) is 42.3 Å². The first-order chi connectivity index (χ1) is 6.00. The van der Waals surface area contributed by atoms with Crippen LogP contribution in [0.3, 0.4) is 0 Å². The van der Waals surface area contributed by atoms with Gasteiger partial charge in [0.25, 0.3) is 0 Å². The summed E-state index contributed by atoms with van der Waals surface area (Å²) in [6.07, 6.45) is 0. The van der Waals surface area contributed by atoms with Gasteiger partial charge in [-0.05, 0) is 0 Å². The van der Waals surface area contributed by atoms with E-state index in [1.54, 1.807) is 0 Å². The Hall–Kier alpha value is 6.53. The molecule has 0 rings (SSSR count). The fourth-order valence-corrected chi connectivity index (χ4v) is 0. The molecular formula is C6H32N6Re6S8-14. The summed E-state index contributed by atoms with van der Waals surface area (Å²) in [4.78, 5) is 0. The second-order valence-electron chi connectivity index (χ2n) is 0. The number of thiol groups is 8. The maximum absolute atomic E-state index is 4.25. The van der Waals surface area contributed by atoms with Crippen molar-refractivity contribution in [3.8, 4) is 0 Å². The predicted molar refractivity (Wildman–Crippen MR) is 127 cm³/mol. The van der Waals surface area contributed by atoms with Crippen molar-refractivity contribution >= 4 is 108 Å². The Morgan fingerprint density at radius 1 is 0.192 bits per heavy atom. The van der Waals surface area contributed by atoms with E-state index < -0.39 is 0 Å². The van der Waals surface area contributed by atoms with E-state index in [0.717, 1.165) is 0 Å². The zero-order valence-electron chi connectivity index (χ0n) is 13.6. The molecule has 0 aromatic heterocycles. The first kappa shape index (κ1) is 206. The zero-order chi connectivity index (χ0) is 12.0. The van der Waals surface area contributed by atoms with Gasteiger partial charge in [-0.25, -0.2) is 0 Å². The summed E-state index contributed by atoms with van der Waals surface area (Å²) in [5.74, 6) is 0. The maximum Gasteiger partial charge on any atom is 0 e. The van der Waals surface area contributed by atoms with Crippen LogP contribution in [0.15, 0.2) is 0 Å². The van der Waals surface area contributed by atoms with E-state index in [4.69, 9.17) is 0 Å². The standard InChI is InChI=1S/6CH4N.6Re.8H2S/c6*1-2;;;;;;;;;;;;;;/h6*1-2H2;;;;;;;8*1H2/q6*-1;;;;;;;;;;;;;;/p-8. The molecule has 12 N–H and O–H groups in total. The van der Waals surface area contributed by atoms with Crippen molar-refractivity contribution in [3.63, 3.8) is 0 Å². The largest absolute Gasteiger partial charge is 0.813 e. The van der Waals surface area contributed by atoms with Gasteiger partial charge in [-0.2, -0.15) is 0 Å². The second kappa shape index (κ2) is 689. The summed E-state index contributed by atoms with van der Waals surface area (Å²) in [5.41, 5.74) is 25.5. The summed E-state index contributed by atoms with van der Waals surface area (Å²) in [5, 5.41) is 0. The minimum absolute atomic E-state index is 0. The average Bonchev–Trinajstić information content (AvgIpc) is 2.33. The van der Waals surface area contributed by atoms with Gasteiger partial charge in [0, 0.05) is 123 Å². The van der Waals surface area contributed by atoms with E-state index in [0.29, 0.717) is 0 Å². The Kier molecular flexibility index (Phi) is 5450. The SMILES string of the molecule is [CH2-]N.[CH2-]N.[CH2-]N.[CH2-]N.[CH2-]N.[CH2-]N.[Re].[Re].[Re].[Re].[Re].[Re].[SH-].[SH-].[SH-].[SH-].[SH-].[SH-].[SH-].[SH-]. The molecular weight excluding hydrogens is 1530 g/mol. The molecule has 0 heterocycles. The normalized spacial score (nSPS) is 1.38. The first-order valence-corrected chi connectivity index (χ1v) is 2.45. The quantitative estimate of drug-likeness (QED) is 0.0800. The number of hydrogen-bond acceptors (Lipinski definition) is 14. The minimum atomic E-state index is 0. The van der Waals surface area contributed by atoms with Crippen LogP contribution in [0.25, 0.3) is 0 Å². The first-order valence-electron chi connectivity index (χ1n) is 2.45. The van der Waals surface area contributed by atoms with Crippen molar-refractivity contribution in [3.05, 3.63) is 42.3 Å². The molecule has 0 aliphatic rings. The van der Waals surface area contributed by atoms with Crippen LogP contribution in [-0.2, 0) is 231 Å². The molecule has 0 fully saturated rings. The summed E-state index contributed by atoms with van der Waals surface area (Å²) in [6, 6.07) is 0. The number of rotatable bonds is 0. The molecule has 0 bridgehead atoms. The molecule has 0 saturated carbocycles. The summed E-state index contributed by atoms with van der Waals surface area (Å²) >= 11 is 0. The van der Waals surface area contributed by atoms with Gasteiger partial charge < -0.3 is 142 Å². The van der Waals surface area contributed by atoms with Gasteiger partial charge in [-0.15, -0.1) is 0 Å². The van der Waals surface area contributed by atoms with Gasteiger partial charge in [0.15, 0.2) is 0 Å². The molecule has 6 radical (unpaired) electrons.